The minimum Gasteiger partial charge on any atom is -0.491 e. The van der Waals surface area contributed by atoms with Crippen LogP contribution >= 0.6 is 0 Å². The molecule has 0 unspecified atom stereocenters. The molecule has 7 heteroatoms. The Kier molecular flexibility index (Phi) is 7.56. The number of carbonyl (C=O) groups is 1. The van der Waals surface area contributed by atoms with Gasteiger partial charge in [0.25, 0.3) is 0 Å². The molecule has 136 valence electrons. The Morgan fingerprint density at radius 1 is 1.04 bits per heavy atom. The summed E-state index contributed by atoms with van der Waals surface area (Å²) in [5.74, 6) is 2.08. The van der Waals surface area contributed by atoms with Gasteiger partial charge in [-0.05, 0) is 31.2 Å². The minimum atomic E-state index is 0.00717. The lowest BCUT2D eigenvalue weighted by molar-refractivity contribution is -0.122. The van der Waals surface area contributed by atoms with Crippen molar-refractivity contribution in [2.45, 2.75) is 26.7 Å². The highest BCUT2D eigenvalue weighted by Crippen LogP contribution is 2.23. The molecule has 0 aliphatic rings. The number of hydrogen-bond donors (Lipinski definition) is 0. The summed E-state index contributed by atoms with van der Waals surface area (Å²) in [5.41, 5.74) is 0.852. The van der Waals surface area contributed by atoms with E-state index in [0.717, 1.165) is 11.3 Å². The van der Waals surface area contributed by atoms with E-state index >= 15 is 0 Å². The molecule has 25 heavy (non-hydrogen) atoms. The van der Waals surface area contributed by atoms with Crippen LogP contribution in [0.25, 0.3) is 11.5 Å². The second-order valence-electron chi connectivity index (χ2n) is 5.84. The Labute approximate surface area is 147 Å². The lowest BCUT2D eigenvalue weighted by Crippen LogP contribution is -2.13. The van der Waals surface area contributed by atoms with Gasteiger partial charge in [-0.25, -0.2) is 0 Å². The monoisotopic (exact) mass is 348 g/mol. The quantitative estimate of drug-likeness (QED) is 0.577. The maximum Gasteiger partial charge on any atom is 0.247 e. The maximum atomic E-state index is 10.7. The molecule has 7 nitrogen and oxygen atoms in total. The van der Waals surface area contributed by atoms with Gasteiger partial charge in [0.2, 0.25) is 11.8 Å². The van der Waals surface area contributed by atoms with Crippen LogP contribution < -0.4 is 4.74 Å². The molecule has 0 saturated carbocycles. The molecular formula is C18H24N2O5. The van der Waals surface area contributed by atoms with Crippen LogP contribution in [-0.2, 0) is 14.3 Å². The number of ketones is 1. The summed E-state index contributed by atoms with van der Waals surface area (Å²) in [6.07, 6.45) is 0. The van der Waals surface area contributed by atoms with E-state index in [-0.39, 0.29) is 18.3 Å². The van der Waals surface area contributed by atoms with Crippen molar-refractivity contribution in [3.63, 3.8) is 0 Å². The number of rotatable bonds is 11. The second kappa shape index (κ2) is 9.90. The number of carbonyl (C=O) groups excluding carboxylic acids is 1. The first-order valence-corrected chi connectivity index (χ1v) is 8.28. The minimum absolute atomic E-state index is 0.00717. The van der Waals surface area contributed by atoms with Crippen LogP contribution in [0.1, 0.15) is 32.6 Å². The average Bonchev–Trinajstić information content (AvgIpc) is 3.08. The summed E-state index contributed by atoms with van der Waals surface area (Å²) in [6.45, 7) is 7.35. The first-order chi connectivity index (χ1) is 12.1. The molecule has 2 aromatic rings. The van der Waals surface area contributed by atoms with Gasteiger partial charge in [-0.15, -0.1) is 10.2 Å². The maximum absolute atomic E-state index is 10.7. The zero-order chi connectivity index (χ0) is 18.1. The zero-order valence-corrected chi connectivity index (χ0v) is 14.9. The third kappa shape index (κ3) is 6.64. The molecule has 1 aromatic heterocycles. The molecule has 0 aliphatic carbocycles. The number of ether oxygens (including phenoxy) is 3. The summed E-state index contributed by atoms with van der Waals surface area (Å²) in [6, 6.07) is 7.46. The number of hydrogen-bond acceptors (Lipinski definition) is 7. The predicted octanol–water partition coefficient (Wildman–Crippen LogP) is 2.86. The molecule has 0 radical (unpaired) electrons. The molecule has 0 aliphatic heterocycles. The first-order valence-electron chi connectivity index (χ1n) is 8.28. The highest BCUT2D eigenvalue weighted by Gasteiger charge is 2.11. The lowest BCUT2D eigenvalue weighted by Gasteiger charge is -2.07. The Morgan fingerprint density at radius 3 is 2.36 bits per heavy atom. The fourth-order valence-corrected chi connectivity index (χ4v) is 1.93. The molecule has 0 saturated heterocycles. The van der Waals surface area contributed by atoms with Gasteiger partial charge in [-0.2, -0.15) is 0 Å². The molecule has 0 bridgehead atoms. The molecule has 0 atom stereocenters. The molecule has 0 amide bonds. The third-order valence-corrected chi connectivity index (χ3v) is 3.21. The van der Waals surface area contributed by atoms with Gasteiger partial charge in [0.1, 0.15) is 19.0 Å². The number of benzene rings is 1. The largest absolute Gasteiger partial charge is 0.491 e. The van der Waals surface area contributed by atoms with Gasteiger partial charge in [0.05, 0.1) is 19.8 Å². The Morgan fingerprint density at radius 2 is 1.72 bits per heavy atom. The highest BCUT2D eigenvalue weighted by atomic mass is 16.5. The van der Waals surface area contributed by atoms with Gasteiger partial charge in [0.15, 0.2) is 5.78 Å². The molecular weight excluding hydrogens is 324 g/mol. The van der Waals surface area contributed by atoms with Gasteiger partial charge in [-0.1, -0.05) is 13.8 Å². The number of nitrogens with zero attached hydrogens (tertiary/aromatic N) is 2. The van der Waals surface area contributed by atoms with E-state index in [0.29, 0.717) is 38.2 Å². The Bertz CT molecular complexity index is 652. The molecule has 1 heterocycles. The number of Topliss-reactive ketones (excluding diaryl/α,β-unsaturated/α-hetero) is 1. The summed E-state index contributed by atoms with van der Waals surface area (Å²) in [4.78, 5) is 10.7. The normalized spacial score (nSPS) is 11.0. The van der Waals surface area contributed by atoms with Gasteiger partial charge < -0.3 is 18.6 Å². The van der Waals surface area contributed by atoms with E-state index in [1.54, 1.807) is 0 Å². The second-order valence-corrected chi connectivity index (χ2v) is 5.84. The summed E-state index contributed by atoms with van der Waals surface area (Å²) >= 11 is 0. The smallest absolute Gasteiger partial charge is 0.247 e. The van der Waals surface area contributed by atoms with E-state index in [9.17, 15) is 4.79 Å². The molecule has 0 fully saturated rings. The van der Waals surface area contributed by atoms with E-state index < -0.39 is 0 Å². The molecule has 2 rings (SSSR count). The molecule has 0 spiro atoms. The van der Waals surface area contributed by atoms with Crippen molar-refractivity contribution in [1.29, 1.82) is 0 Å². The Hall–Kier alpha value is -2.25. The average molecular weight is 348 g/mol. The fraction of sp³-hybridized carbons (Fsp3) is 0.500. The highest BCUT2D eigenvalue weighted by molar-refractivity contribution is 5.76. The molecule has 0 N–H and O–H groups in total. The van der Waals surface area contributed by atoms with Crippen LogP contribution in [0.15, 0.2) is 28.7 Å². The molecule has 1 aromatic carbocycles. The van der Waals surface area contributed by atoms with Gasteiger partial charge in [-0.3, -0.25) is 4.79 Å². The lowest BCUT2D eigenvalue weighted by atomic mass is 10.2. The third-order valence-electron chi connectivity index (χ3n) is 3.21. The van der Waals surface area contributed by atoms with Crippen LogP contribution in [-0.4, -0.2) is 49.0 Å². The van der Waals surface area contributed by atoms with Crippen molar-refractivity contribution >= 4 is 5.78 Å². The topological polar surface area (TPSA) is 83.7 Å². The van der Waals surface area contributed by atoms with Crippen molar-refractivity contribution in [2.75, 3.05) is 33.0 Å². The zero-order valence-electron chi connectivity index (χ0n) is 14.9. The first kappa shape index (κ1) is 19.1. The van der Waals surface area contributed by atoms with Crippen LogP contribution in [0.3, 0.4) is 0 Å². The summed E-state index contributed by atoms with van der Waals surface area (Å²) < 4.78 is 21.7. The van der Waals surface area contributed by atoms with Gasteiger partial charge in [0, 0.05) is 11.5 Å². The van der Waals surface area contributed by atoms with E-state index in [1.165, 1.54) is 6.92 Å². The SMILES string of the molecule is CC(=O)COCCOCCOc1ccc(-c2nnc(C(C)C)o2)cc1. The van der Waals surface area contributed by atoms with E-state index in [1.807, 2.05) is 38.1 Å². The Balaban J connectivity index is 1.67. The van der Waals surface area contributed by atoms with Crippen molar-refractivity contribution < 1.29 is 23.4 Å². The van der Waals surface area contributed by atoms with E-state index in [4.69, 9.17) is 18.6 Å². The van der Waals surface area contributed by atoms with Crippen LogP contribution in [0.2, 0.25) is 0 Å². The summed E-state index contributed by atoms with van der Waals surface area (Å²) in [7, 11) is 0. The van der Waals surface area contributed by atoms with Crippen LogP contribution in [0, 0.1) is 0 Å². The van der Waals surface area contributed by atoms with E-state index in [2.05, 4.69) is 10.2 Å². The van der Waals surface area contributed by atoms with Crippen molar-refractivity contribution in [2.24, 2.45) is 0 Å². The van der Waals surface area contributed by atoms with Crippen molar-refractivity contribution in [3.8, 4) is 17.2 Å². The predicted molar refractivity (Wildman–Crippen MR) is 91.6 cm³/mol. The van der Waals surface area contributed by atoms with Crippen LogP contribution in [0.5, 0.6) is 5.75 Å². The van der Waals surface area contributed by atoms with Gasteiger partial charge >= 0.3 is 0 Å². The number of aromatic nitrogens is 2. The fourth-order valence-electron chi connectivity index (χ4n) is 1.93. The van der Waals surface area contributed by atoms with Crippen molar-refractivity contribution in [3.05, 3.63) is 30.2 Å². The summed E-state index contributed by atoms with van der Waals surface area (Å²) in [5, 5.41) is 8.07. The standard InChI is InChI=1S/C18H24N2O5/c1-13(2)17-19-20-18(25-17)15-4-6-16(7-5-15)24-11-10-22-8-9-23-12-14(3)21/h4-7,13H,8-12H2,1-3H3. The van der Waals surface area contributed by atoms with Crippen molar-refractivity contribution in [1.82, 2.24) is 10.2 Å². The van der Waals surface area contributed by atoms with Crippen LogP contribution in [0.4, 0.5) is 0 Å².